The maximum atomic E-state index is 13.1. The van der Waals surface area contributed by atoms with Gasteiger partial charge in [0.25, 0.3) is 0 Å². The summed E-state index contributed by atoms with van der Waals surface area (Å²) in [5.74, 6) is -2.70. The van der Waals surface area contributed by atoms with E-state index in [1.54, 1.807) is 0 Å². The normalized spacial score (nSPS) is 39.2. The molecule has 2 fully saturated rings. The predicted molar refractivity (Wildman–Crippen MR) is 107 cm³/mol. The molecule has 2 bridgehead atoms. The number of amides is 2. The van der Waals surface area contributed by atoms with Gasteiger partial charge < -0.3 is 0 Å². The summed E-state index contributed by atoms with van der Waals surface area (Å²) in [6.45, 7) is 4.47. The van der Waals surface area contributed by atoms with E-state index in [1.165, 1.54) is 4.90 Å². The van der Waals surface area contributed by atoms with E-state index in [4.69, 9.17) is 69.6 Å². The summed E-state index contributed by atoms with van der Waals surface area (Å²) in [5, 5.41) is -0.105. The second-order valence-corrected chi connectivity index (χ2v) is 10.6. The molecule has 1 saturated heterocycles. The highest BCUT2D eigenvalue weighted by atomic mass is 35.5. The first kappa shape index (κ1) is 21.3. The lowest BCUT2D eigenvalue weighted by atomic mass is 9.84. The molecule has 2 amide bonds. The van der Waals surface area contributed by atoms with Crippen molar-refractivity contribution in [3.63, 3.8) is 0 Å². The number of likely N-dealkylation sites (tertiary alicyclic amines) is 1. The van der Waals surface area contributed by atoms with Crippen molar-refractivity contribution in [3.05, 3.63) is 10.1 Å². The topological polar surface area (TPSA) is 37.4 Å². The second-order valence-electron chi connectivity index (χ2n) is 7.28. The summed E-state index contributed by atoms with van der Waals surface area (Å²) in [7, 11) is 0. The third kappa shape index (κ3) is 2.34. The van der Waals surface area contributed by atoms with Gasteiger partial charge in [0.1, 0.15) is 9.75 Å². The number of imide groups is 1. The van der Waals surface area contributed by atoms with E-state index in [0.29, 0.717) is 6.54 Å². The summed E-state index contributed by atoms with van der Waals surface area (Å²) in [6, 6.07) is 0. The Hall–Kier alpha value is 0.620. The molecule has 1 aliphatic heterocycles. The average Bonchev–Trinajstić information content (AvgIpc) is 2.97. The minimum Gasteiger partial charge on any atom is -0.282 e. The third-order valence-electron chi connectivity index (χ3n) is 5.98. The monoisotopic (exact) mass is 479 g/mol. The average molecular weight is 482 g/mol. The van der Waals surface area contributed by atoms with Gasteiger partial charge >= 0.3 is 0 Å². The molecule has 26 heavy (non-hydrogen) atoms. The number of fused-ring (bicyclic) bond motifs is 5. The molecule has 0 aromatic heterocycles. The van der Waals surface area contributed by atoms with Crippen molar-refractivity contribution in [1.29, 1.82) is 0 Å². The van der Waals surface area contributed by atoms with E-state index in [-0.39, 0.29) is 16.0 Å². The van der Waals surface area contributed by atoms with Crippen LogP contribution >= 0.6 is 69.6 Å². The van der Waals surface area contributed by atoms with Crippen LogP contribution in [0.25, 0.3) is 0 Å². The van der Waals surface area contributed by atoms with Crippen LogP contribution in [0.15, 0.2) is 10.1 Å². The van der Waals surface area contributed by atoms with Crippen LogP contribution in [-0.2, 0) is 9.59 Å². The number of hydrogen-bond acceptors (Lipinski definition) is 2. The van der Waals surface area contributed by atoms with Crippen LogP contribution in [-0.4, -0.2) is 37.3 Å². The number of nitrogens with zero attached hydrogens (tertiary/aromatic N) is 1. The highest BCUT2D eigenvalue weighted by Gasteiger charge is 2.87. The van der Waals surface area contributed by atoms with Crippen molar-refractivity contribution >= 4 is 81.4 Å². The third-order valence-corrected chi connectivity index (χ3v) is 10.2. The lowest BCUT2D eigenvalue weighted by Crippen LogP contribution is -2.50. The number of rotatable bonds is 6. The van der Waals surface area contributed by atoms with Gasteiger partial charge in [0.05, 0.1) is 21.9 Å². The van der Waals surface area contributed by atoms with Crippen LogP contribution in [0.5, 0.6) is 0 Å². The zero-order chi connectivity index (χ0) is 19.7. The van der Waals surface area contributed by atoms with Gasteiger partial charge in [0, 0.05) is 6.54 Å². The summed E-state index contributed by atoms with van der Waals surface area (Å²) in [5.41, 5.74) is 0. The number of hydrogen-bond donors (Lipinski definition) is 0. The second kappa shape index (κ2) is 6.85. The number of halogens is 6. The molecule has 1 heterocycles. The molecule has 0 radical (unpaired) electrons. The maximum Gasteiger partial charge on any atom is 0.235 e. The summed E-state index contributed by atoms with van der Waals surface area (Å²) >= 11 is 38.8. The lowest BCUT2D eigenvalue weighted by molar-refractivity contribution is -0.141. The molecule has 1 saturated carbocycles. The van der Waals surface area contributed by atoms with Crippen LogP contribution in [0.1, 0.15) is 39.5 Å². The minimum atomic E-state index is -1.86. The van der Waals surface area contributed by atoms with Crippen molar-refractivity contribution in [2.45, 2.75) is 53.6 Å². The van der Waals surface area contributed by atoms with E-state index in [1.807, 2.05) is 6.92 Å². The largest absolute Gasteiger partial charge is 0.282 e. The van der Waals surface area contributed by atoms with Gasteiger partial charge in [0.15, 0.2) is 4.33 Å². The van der Waals surface area contributed by atoms with Gasteiger partial charge in [-0.1, -0.05) is 79.5 Å². The summed E-state index contributed by atoms with van der Waals surface area (Å²) < 4.78 is -1.86. The molecule has 3 rings (SSSR count). The lowest BCUT2D eigenvalue weighted by Gasteiger charge is -2.35. The van der Waals surface area contributed by atoms with Crippen molar-refractivity contribution in [2.24, 2.45) is 17.8 Å². The van der Waals surface area contributed by atoms with Crippen LogP contribution in [0.4, 0.5) is 0 Å². The van der Waals surface area contributed by atoms with Crippen LogP contribution in [0.2, 0.25) is 0 Å². The van der Waals surface area contributed by atoms with E-state index in [9.17, 15) is 9.59 Å². The van der Waals surface area contributed by atoms with E-state index in [0.717, 1.165) is 25.7 Å². The van der Waals surface area contributed by atoms with Gasteiger partial charge in [0.2, 0.25) is 11.8 Å². The quantitative estimate of drug-likeness (QED) is 0.363. The Morgan fingerprint density at radius 1 is 0.962 bits per heavy atom. The smallest absolute Gasteiger partial charge is 0.235 e. The molecule has 0 spiro atoms. The standard InChI is InChI=1S/C17H19Cl6NO2/c1-3-5-6-8(4-2)7-24-13(25)9-10(14(24)26)16(21)12(19)11(18)15(9,20)17(16,22)23/h8-10H,3-7H2,1-2H3/t8-,9+,10+,15+,16+/m1/s1. The zero-order valence-electron chi connectivity index (χ0n) is 14.3. The molecule has 3 nitrogen and oxygen atoms in total. The molecular weight excluding hydrogens is 463 g/mol. The first-order chi connectivity index (χ1) is 12.0. The van der Waals surface area contributed by atoms with Crippen LogP contribution in [0.3, 0.4) is 0 Å². The first-order valence-electron chi connectivity index (χ1n) is 8.68. The Morgan fingerprint density at radius 3 is 1.81 bits per heavy atom. The predicted octanol–water partition coefficient (Wildman–Crippen LogP) is 5.65. The van der Waals surface area contributed by atoms with E-state index >= 15 is 0 Å². The Morgan fingerprint density at radius 2 is 1.42 bits per heavy atom. The zero-order valence-corrected chi connectivity index (χ0v) is 18.8. The molecule has 0 aromatic carbocycles. The van der Waals surface area contributed by atoms with E-state index < -0.39 is 37.7 Å². The molecule has 146 valence electrons. The highest BCUT2D eigenvalue weighted by Crippen LogP contribution is 2.77. The van der Waals surface area contributed by atoms with Gasteiger partial charge in [-0.3, -0.25) is 14.5 Å². The maximum absolute atomic E-state index is 13.1. The molecule has 9 heteroatoms. The Kier molecular flexibility index (Phi) is 5.62. The highest BCUT2D eigenvalue weighted by molar-refractivity contribution is 6.66. The van der Waals surface area contributed by atoms with Crippen molar-refractivity contribution < 1.29 is 9.59 Å². The van der Waals surface area contributed by atoms with Gasteiger partial charge in [-0.2, -0.15) is 0 Å². The minimum absolute atomic E-state index is 0.0527. The van der Waals surface area contributed by atoms with Crippen molar-refractivity contribution in [1.82, 2.24) is 4.90 Å². The van der Waals surface area contributed by atoms with Gasteiger partial charge in [-0.05, 0) is 12.3 Å². The number of carbonyl (C=O) groups excluding carboxylic acids is 2. The number of allylic oxidation sites excluding steroid dienone is 2. The molecule has 0 N–H and O–H groups in total. The number of unbranched alkanes of at least 4 members (excludes halogenated alkanes) is 1. The fraction of sp³-hybridized carbons (Fsp3) is 0.765. The Labute approximate surface area is 183 Å². The summed E-state index contributed by atoms with van der Waals surface area (Å²) in [4.78, 5) is 24.1. The summed E-state index contributed by atoms with van der Waals surface area (Å²) in [6.07, 6.45) is 3.88. The SMILES string of the molecule is CCCC[C@@H](CC)CN1C(=O)[C@@H]2[C@@H](C1=O)[C@]1(Cl)C(Cl)=C(Cl)[C@]2(Cl)C1(Cl)Cl. The number of alkyl halides is 4. The molecule has 0 aromatic rings. The van der Waals surface area contributed by atoms with Gasteiger partial charge in [-0.15, -0.1) is 23.2 Å². The van der Waals surface area contributed by atoms with Crippen LogP contribution in [0, 0.1) is 17.8 Å². The van der Waals surface area contributed by atoms with Crippen LogP contribution < -0.4 is 0 Å². The Bertz CT molecular complexity index is 649. The fourth-order valence-corrected chi connectivity index (χ4v) is 7.34. The Balaban J connectivity index is 1.98. The fourth-order valence-electron chi connectivity index (χ4n) is 4.41. The molecular formula is C17H19Cl6NO2. The molecule has 2 aliphatic carbocycles. The van der Waals surface area contributed by atoms with Gasteiger partial charge in [-0.25, -0.2) is 0 Å². The van der Waals surface area contributed by atoms with Crippen molar-refractivity contribution in [2.75, 3.05) is 6.54 Å². The molecule has 5 atom stereocenters. The molecule has 0 unspecified atom stereocenters. The number of carbonyl (C=O) groups is 2. The molecule has 3 aliphatic rings. The van der Waals surface area contributed by atoms with Crippen molar-refractivity contribution in [3.8, 4) is 0 Å². The first-order valence-corrected chi connectivity index (χ1v) is 11.0. The van der Waals surface area contributed by atoms with E-state index in [2.05, 4.69) is 6.92 Å².